The summed E-state index contributed by atoms with van der Waals surface area (Å²) in [6.45, 7) is 0.277. The van der Waals surface area contributed by atoms with Gasteiger partial charge < -0.3 is 30.7 Å². The minimum Gasteiger partial charge on any atom is -0.394 e. The molecule has 0 bridgehead atoms. The SMILES string of the molecule is CC(=O)N[C@H](c1nc2ccc(C(F)(F)F)cc2[nH]1)C(O)[C@@H](O)C(O)CO. The van der Waals surface area contributed by atoms with Crippen LogP contribution in [-0.4, -0.2) is 61.2 Å². The Morgan fingerprint density at radius 2 is 1.92 bits per heavy atom. The monoisotopic (exact) mass is 377 g/mol. The van der Waals surface area contributed by atoms with Gasteiger partial charge in [0.1, 0.15) is 30.2 Å². The number of carbonyl (C=O) groups is 1. The van der Waals surface area contributed by atoms with Crippen LogP contribution in [0.5, 0.6) is 0 Å². The number of aliphatic hydroxyl groups is 4. The number of amides is 1. The van der Waals surface area contributed by atoms with Crippen LogP contribution in [0.25, 0.3) is 11.0 Å². The van der Waals surface area contributed by atoms with E-state index in [9.17, 15) is 33.3 Å². The van der Waals surface area contributed by atoms with E-state index in [2.05, 4.69) is 15.3 Å². The van der Waals surface area contributed by atoms with Crippen molar-refractivity contribution in [3.05, 3.63) is 29.6 Å². The van der Waals surface area contributed by atoms with Gasteiger partial charge in [-0.05, 0) is 18.2 Å². The zero-order chi connectivity index (χ0) is 19.6. The van der Waals surface area contributed by atoms with Crippen molar-refractivity contribution in [2.75, 3.05) is 6.61 Å². The zero-order valence-corrected chi connectivity index (χ0v) is 13.5. The largest absolute Gasteiger partial charge is 0.416 e. The number of carbonyl (C=O) groups excluding carboxylic acids is 1. The molecule has 0 saturated carbocycles. The van der Waals surface area contributed by atoms with E-state index in [-0.39, 0.29) is 16.9 Å². The Kier molecular flexibility index (Phi) is 5.86. The number of rotatable bonds is 6. The first-order valence-electron chi connectivity index (χ1n) is 7.53. The van der Waals surface area contributed by atoms with E-state index in [1.54, 1.807) is 0 Å². The molecule has 2 rings (SSSR count). The average molecular weight is 377 g/mol. The summed E-state index contributed by atoms with van der Waals surface area (Å²) in [6.07, 6.45) is -9.88. The van der Waals surface area contributed by atoms with Crippen LogP contribution in [0.4, 0.5) is 13.2 Å². The molecule has 4 atom stereocenters. The summed E-state index contributed by atoms with van der Waals surface area (Å²) in [5, 5.41) is 40.7. The molecular weight excluding hydrogens is 359 g/mol. The number of fused-ring (bicyclic) bond motifs is 1. The van der Waals surface area contributed by atoms with Crippen LogP contribution in [0.1, 0.15) is 24.4 Å². The summed E-state index contributed by atoms with van der Waals surface area (Å²) in [7, 11) is 0. The lowest BCUT2D eigenvalue weighted by molar-refractivity contribution is -0.137. The van der Waals surface area contributed by atoms with Crippen LogP contribution in [0.3, 0.4) is 0 Å². The molecule has 0 radical (unpaired) electrons. The normalized spacial score (nSPS) is 16.9. The Morgan fingerprint density at radius 3 is 2.46 bits per heavy atom. The molecule has 0 aliphatic rings. The molecule has 2 aromatic rings. The number of aromatic amines is 1. The molecule has 2 unspecified atom stereocenters. The van der Waals surface area contributed by atoms with Gasteiger partial charge in [-0.2, -0.15) is 13.2 Å². The predicted octanol–water partition coefficient (Wildman–Crippen LogP) is -0.166. The highest BCUT2D eigenvalue weighted by Gasteiger charge is 2.35. The second-order valence-corrected chi connectivity index (χ2v) is 5.76. The molecule has 144 valence electrons. The average Bonchev–Trinajstić information content (AvgIpc) is 2.99. The van der Waals surface area contributed by atoms with Gasteiger partial charge in [0.05, 0.1) is 23.2 Å². The van der Waals surface area contributed by atoms with Crippen molar-refractivity contribution >= 4 is 16.9 Å². The van der Waals surface area contributed by atoms with Crippen LogP contribution in [0.2, 0.25) is 0 Å². The maximum Gasteiger partial charge on any atom is 0.416 e. The fourth-order valence-electron chi connectivity index (χ4n) is 2.42. The fraction of sp³-hybridized carbons (Fsp3) is 0.467. The van der Waals surface area contributed by atoms with Crippen molar-refractivity contribution in [1.82, 2.24) is 15.3 Å². The lowest BCUT2D eigenvalue weighted by Crippen LogP contribution is -2.47. The van der Waals surface area contributed by atoms with Crippen molar-refractivity contribution in [3.8, 4) is 0 Å². The highest BCUT2D eigenvalue weighted by Crippen LogP contribution is 2.31. The summed E-state index contributed by atoms with van der Waals surface area (Å²) >= 11 is 0. The Labute approximate surface area is 145 Å². The minimum absolute atomic E-state index is 0.00886. The maximum atomic E-state index is 12.8. The Balaban J connectivity index is 2.43. The van der Waals surface area contributed by atoms with Gasteiger partial charge >= 0.3 is 6.18 Å². The molecule has 0 aliphatic carbocycles. The fourth-order valence-corrected chi connectivity index (χ4v) is 2.42. The van der Waals surface area contributed by atoms with E-state index in [1.807, 2.05) is 0 Å². The van der Waals surface area contributed by atoms with E-state index in [4.69, 9.17) is 5.11 Å². The smallest absolute Gasteiger partial charge is 0.394 e. The third-order valence-electron chi connectivity index (χ3n) is 3.75. The van der Waals surface area contributed by atoms with Crippen LogP contribution in [-0.2, 0) is 11.0 Å². The first-order chi connectivity index (χ1) is 12.0. The number of halogens is 3. The van der Waals surface area contributed by atoms with Crippen molar-refractivity contribution < 1.29 is 38.4 Å². The maximum absolute atomic E-state index is 12.8. The van der Waals surface area contributed by atoms with Gasteiger partial charge in [-0.3, -0.25) is 4.79 Å². The molecule has 0 aliphatic heterocycles. The van der Waals surface area contributed by atoms with E-state index >= 15 is 0 Å². The van der Waals surface area contributed by atoms with E-state index in [0.717, 1.165) is 25.1 Å². The lowest BCUT2D eigenvalue weighted by atomic mass is 10.0. The van der Waals surface area contributed by atoms with Crippen LogP contribution < -0.4 is 5.32 Å². The van der Waals surface area contributed by atoms with Crippen molar-refractivity contribution in [1.29, 1.82) is 0 Å². The Morgan fingerprint density at radius 1 is 1.27 bits per heavy atom. The molecular formula is C15H18F3N3O5. The number of hydrogen-bond donors (Lipinski definition) is 6. The molecule has 1 aromatic heterocycles. The standard InChI is InChI=1S/C15H18F3N3O5/c1-6(23)19-11(13(26)12(25)10(24)5-22)14-20-8-3-2-7(15(16,17)18)4-9(8)21-14/h2-4,10-13,22,24-26H,5H2,1H3,(H,19,23)(H,20,21)/t10?,11-,12-,13?/m0/s1. The number of imidazole rings is 1. The quantitative estimate of drug-likeness (QED) is 0.413. The lowest BCUT2D eigenvalue weighted by Gasteiger charge is -2.28. The van der Waals surface area contributed by atoms with Gasteiger partial charge in [-0.1, -0.05) is 0 Å². The van der Waals surface area contributed by atoms with E-state index in [1.165, 1.54) is 0 Å². The molecule has 1 amide bonds. The van der Waals surface area contributed by atoms with E-state index < -0.39 is 48.6 Å². The Bertz CT molecular complexity index is 779. The second kappa shape index (κ2) is 7.58. The first kappa shape index (κ1) is 20.1. The molecule has 1 heterocycles. The summed E-state index contributed by atoms with van der Waals surface area (Å²) < 4.78 is 38.4. The van der Waals surface area contributed by atoms with Gasteiger partial charge in [-0.25, -0.2) is 4.98 Å². The number of benzene rings is 1. The van der Waals surface area contributed by atoms with Gasteiger partial charge in [0.25, 0.3) is 0 Å². The van der Waals surface area contributed by atoms with Crippen molar-refractivity contribution in [3.63, 3.8) is 0 Å². The number of nitrogens with zero attached hydrogens (tertiary/aromatic N) is 1. The van der Waals surface area contributed by atoms with E-state index in [0.29, 0.717) is 0 Å². The van der Waals surface area contributed by atoms with Crippen LogP contribution >= 0.6 is 0 Å². The minimum atomic E-state index is -4.56. The molecule has 11 heteroatoms. The molecule has 26 heavy (non-hydrogen) atoms. The molecule has 8 nitrogen and oxygen atoms in total. The van der Waals surface area contributed by atoms with Gasteiger partial charge in [-0.15, -0.1) is 0 Å². The number of alkyl halides is 3. The summed E-state index contributed by atoms with van der Waals surface area (Å²) in [6, 6.07) is 1.42. The molecule has 0 spiro atoms. The van der Waals surface area contributed by atoms with Crippen molar-refractivity contribution in [2.24, 2.45) is 0 Å². The molecule has 6 N–H and O–H groups in total. The summed E-state index contributed by atoms with van der Waals surface area (Å²) in [5.41, 5.74) is -0.755. The Hall–Kier alpha value is -2.21. The number of aromatic nitrogens is 2. The summed E-state index contributed by atoms with van der Waals surface area (Å²) in [5.74, 6) is -0.734. The summed E-state index contributed by atoms with van der Waals surface area (Å²) in [4.78, 5) is 18.0. The third kappa shape index (κ3) is 4.30. The highest BCUT2D eigenvalue weighted by molar-refractivity contribution is 5.77. The second-order valence-electron chi connectivity index (χ2n) is 5.76. The van der Waals surface area contributed by atoms with Crippen LogP contribution in [0, 0.1) is 0 Å². The molecule has 1 aromatic carbocycles. The molecule has 0 saturated heterocycles. The number of H-pyrrole nitrogens is 1. The molecule has 0 fully saturated rings. The van der Waals surface area contributed by atoms with Gasteiger partial charge in [0.2, 0.25) is 5.91 Å². The zero-order valence-electron chi connectivity index (χ0n) is 13.5. The van der Waals surface area contributed by atoms with Crippen molar-refractivity contribution in [2.45, 2.75) is 37.5 Å². The van der Waals surface area contributed by atoms with Crippen LogP contribution in [0.15, 0.2) is 18.2 Å². The van der Waals surface area contributed by atoms with Gasteiger partial charge in [0.15, 0.2) is 0 Å². The highest BCUT2D eigenvalue weighted by atomic mass is 19.4. The number of hydrogen-bond acceptors (Lipinski definition) is 6. The number of nitrogens with one attached hydrogen (secondary N) is 2. The number of aliphatic hydroxyl groups excluding tert-OH is 4. The topological polar surface area (TPSA) is 139 Å². The first-order valence-corrected chi connectivity index (χ1v) is 7.53. The third-order valence-corrected chi connectivity index (χ3v) is 3.75. The van der Waals surface area contributed by atoms with Gasteiger partial charge in [0, 0.05) is 6.92 Å². The predicted molar refractivity (Wildman–Crippen MR) is 82.8 cm³/mol.